The average molecular weight is 247 g/mol. The molecule has 0 aliphatic carbocycles. The van der Waals surface area contributed by atoms with Crippen LogP contribution >= 0.6 is 0 Å². The zero-order valence-corrected chi connectivity index (χ0v) is 9.80. The topological polar surface area (TPSA) is 87.2 Å². The van der Waals surface area contributed by atoms with Crippen LogP contribution < -0.4 is 10.1 Å². The lowest BCUT2D eigenvalue weighted by Gasteiger charge is -2.07. The Balaban J connectivity index is 1.90. The minimum atomic E-state index is -0.328. The van der Waals surface area contributed by atoms with E-state index in [4.69, 9.17) is 4.74 Å². The summed E-state index contributed by atoms with van der Waals surface area (Å²) in [6, 6.07) is 6.47. The number of phenolic OH excluding ortho intramolecular Hbond substituents is 1. The number of carbonyl (C=O) groups is 1. The Kier molecular flexibility index (Phi) is 3.47. The minimum Gasteiger partial charge on any atom is -0.504 e. The van der Waals surface area contributed by atoms with Gasteiger partial charge in [-0.25, -0.2) is 0 Å². The van der Waals surface area contributed by atoms with Crippen molar-refractivity contribution in [1.29, 1.82) is 0 Å². The summed E-state index contributed by atoms with van der Waals surface area (Å²) in [5.74, 6) is 0.489. The summed E-state index contributed by atoms with van der Waals surface area (Å²) in [6.45, 7) is 1.64. The van der Waals surface area contributed by atoms with Crippen molar-refractivity contribution in [3.8, 4) is 11.5 Å². The van der Waals surface area contributed by atoms with Crippen molar-refractivity contribution in [1.82, 2.24) is 10.2 Å². The van der Waals surface area contributed by atoms with Gasteiger partial charge in [0.1, 0.15) is 5.82 Å². The Morgan fingerprint density at radius 1 is 1.50 bits per heavy atom. The van der Waals surface area contributed by atoms with E-state index < -0.39 is 0 Å². The van der Waals surface area contributed by atoms with Crippen LogP contribution in [0, 0.1) is 6.92 Å². The maximum atomic E-state index is 11.6. The number of aromatic nitrogens is 2. The highest BCUT2D eigenvalue weighted by Crippen LogP contribution is 2.24. The molecule has 0 saturated heterocycles. The van der Waals surface area contributed by atoms with Gasteiger partial charge in [0, 0.05) is 5.56 Å². The summed E-state index contributed by atoms with van der Waals surface area (Å²) < 4.78 is 5.19. The lowest BCUT2D eigenvalue weighted by Crippen LogP contribution is -2.20. The summed E-state index contributed by atoms with van der Waals surface area (Å²) in [7, 11) is 0. The first-order valence-corrected chi connectivity index (χ1v) is 5.37. The third-order valence-corrected chi connectivity index (χ3v) is 2.32. The second-order valence-electron chi connectivity index (χ2n) is 3.73. The first-order chi connectivity index (χ1) is 8.66. The number of benzene rings is 1. The van der Waals surface area contributed by atoms with Crippen molar-refractivity contribution >= 4 is 11.7 Å². The second kappa shape index (κ2) is 5.22. The molecule has 0 fully saturated rings. The number of H-pyrrole nitrogens is 1. The summed E-state index contributed by atoms with van der Waals surface area (Å²) in [6.07, 6.45) is 1.61. The van der Waals surface area contributed by atoms with Gasteiger partial charge >= 0.3 is 0 Å². The van der Waals surface area contributed by atoms with Crippen LogP contribution in [0.3, 0.4) is 0 Å². The van der Waals surface area contributed by atoms with E-state index in [0.29, 0.717) is 5.82 Å². The Morgan fingerprint density at radius 2 is 2.28 bits per heavy atom. The smallest absolute Gasteiger partial charge is 0.263 e. The highest BCUT2D eigenvalue weighted by atomic mass is 16.5. The Morgan fingerprint density at radius 3 is 2.94 bits per heavy atom. The molecule has 0 radical (unpaired) electrons. The molecular weight excluding hydrogens is 234 g/mol. The number of phenols is 1. The van der Waals surface area contributed by atoms with Crippen LogP contribution in [0.25, 0.3) is 0 Å². The molecule has 3 N–H and O–H groups in total. The minimum absolute atomic E-state index is 0.00280. The monoisotopic (exact) mass is 247 g/mol. The number of para-hydroxylation sites is 2. The van der Waals surface area contributed by atoms with Crippen molar-refractivity contribution in [3.05, 3.63) is 36.0 Å². The molecule has 6 heteroatoms. The maximum absolute atomic E-state index is 11.6. The largest absolute Gasteiger partial charge is 0.504 e. The lowest BCUT2D eigenvalue weighted by molar-refractivity contribution is -0.118. The van der Waals surface area contributed by atoms with Gasteiger partial charge in [0.2, 0.25) is 0 Å². The molecular formula is C12H13N3O3. The number of aromatic hydroxyl groups is 1. The first-order valence-electron chi connectivity index (χ1n) is 5.37. The van der Waals surface area contributed by atoms with Crippen molar-refractivity contribution < 1.29 is 14.6 Å². The SMILES string of the molecule is Cc1cn[nH]c1NC(=O)COc1ccccc1O. The van der Waals surface area contributed by atoms with Crippen LogP contribution in [-0.4, -0.2) is 27.8 Å². The lowest BCUT2D eigenvalue weighted by atomic mass is 10.3. The summed E-state index contributed by atoms with van der Waals surface area (Å²) in [5.41, 5.74) is 0.839. The number of nitrogens with zero attached hydrogens (tertiary/aromatic N) is 1. The van der Waals surface area contributed by atoms with Gasteiger partial charge in [0.05, 0.1) is 6.20 Å². The number of aromatic amines is 1. The fourth-order valence-electron chi connectivity index (χ4n) is 1.37. The molecule has 1 aromatic carbocycles. The molecule has 0 bridgehead atoms. The van der Waals surface area contributed by atoms with E-state index in [1.165, 1.54) is 6.07 Å². The van der Waals surface area contributed by atoms with Gasteiger partial charge in [0.15, 0.2) is 18.1 Å². The fourth-order valence-corrected chi connectivity index (χ4v) is 1.37. The summed E-state index contributed by atoms with van der Waals surface area (Å²) in [5, 5.41) is 18.5. The van der Waals surface area contributed by atoms with E-state index in [1.807, 2.05) is 6.92 Å². The molecule has 18 heavy (non-hydrogen) atoms. The van der Waals surface area contributed by atoms with Gasteiger partial charge in [-0.2, -0.15) is 5.10 Å². The van der Waals surface area contributed by atoms with Gasteiger partial charge < -0.3 is 15.2 Å². The molecule has 2 aromatic rings. The molecule has 0 saturated carbocycles. The Bertz CT molecular complexity index is 551. The molecule has 1 heterocycles. The Labute approximate surface area is 104 Å². The molecule has 94 valence electrons. The molecule has 0 spiro atoms. The fraction of sp³-hybridized carbons (Fsp3) is 0.167. The van der Waals surface area contributed by atoms with Crippen molar-refractivity contribution in [2.24, 2.45) is 0 Å². The zero-order valence-electron chi connectivity index (χ0n) is 9.80. The quantitative estimate of drug-likeness (QED) is 0.763. The summed E-state index contributed by atoms with van der Waals surface area (Å²) in [4.78, 5) is 11.6. The van der Waals surface area contributed by atoms with Gasteiger partial charge in [-0.3, -0.25) is 9.89 Å². The third-order valence-electron chi connectivity index (χ3n) is 2.32. The molecule has 6 nitrogen and oxygen atoms in total. The molecule has 2 rings (SSSR count). The molecule has 0 aliphatic rings. The van der Waals surface area contributed by atoms with Crippen molar-refractivity contribution in [2.75, 3.05) is 11.9 Å². The zero-order chi connectivity index (χ0) is 13.0. The van der Waals surface area contributed by atoms with Gasteiger partial charge in [-0.05, 0) is 19.1 Å². The highest BCUT2D eigenvalue weighted by molar-refractivity contribution is 5.91. The molecule has 0 aliphatic heterocycles. The van der Waals surface area contributed by atoms with E-state index in [1.54, 1.807) is 24.4 Å². The number of hydrogen-bond acceptors (Lipinski definition) is 4. The number of ether oxygens (including phenoxy) is 1. The number of amides is 1. The number of hydrogen-bond donors (Lipinski definition) is 3. The number of anilines is 1. The maximum Gasteiger partial charge on any atom is 0.263 e. The highest BCUT2D eigenvalue weighted by Gasteiger charge is 2.08. The number of carbonyl (C=O) groups excluding carboxylic acids is 1. The first kappa shape index (κ1) is 12.0. The van der Waals surface area contributed by atoms with E-state index in [9.17, 15) is 9.90 Å². The molecule has 1 amide bonds. The number of rotatable bonds is 4. The number of nitrogens with one attached hydrogen (secondary N) is 2. The second-order valence-corrected chi connectivity index (χ2v) is 3.73. The molecule has 1 aromatic heterocycles. The van der Waals surface area contributed by atoms with Crippen molar-refractivity contribution in [2.45, 2.75) is 6.92 Å². The Hall–Kier alpha value is -2.50. The predicted molar refractivity (Wildman–Crippen MR) is 65.6 cm³/mol. The standard InChI is InChI=1S/C12H13N3O3/c1-8-6-13-15-12(8)14-11(17)7-18-10-5-3-2-4-9(10)16/h2-6,16H,7H2,1H3,(H2,13,14,15,17). The average Bonchev–Trinajstić information content (AvgIpc) is 2.74. The van der Waals surface area contributed by atoms with Gasteiger partial charge in [-0.15, -0.1) is 0 Å². The third kappa shape index (κ3) is 2.79. The molecule has 0 unspecified atom stereocenters. The van der Waals surface area contributed by atoms with E-state index in [0.717, 1.165) is 5.56 Å². The van der Waals surface area contributed by atoms with Crippen molar-refractivity contribution in [3.63, 3.8) is 0 Å². The van der Waals surface area contributed by atoms with Crippen LogP contribution in [0.2, 0.25) is 0 Å². The summed E-state index contributed by atoms with van der Waals surface area (Å²) >= 11 is 0. The van der Waals surface area contributed by atoms with E-state index >= 15 is 0 Å². The van der Waals surface area contributed by atoms with Gasteiger partial charge in [-0.1, -0.05) is 12.1 Å². The van der Waals surface area contributed by atoms with E-state index in [2.05, 4.69) is 15.5 Å². The molecule has 0 atom stereocenters. The van der Waals surface area contributed by atoms with E-state index in [-0.39, 0.29) is 24.0 Å². The van der Waals surface area contributed by atoms with Gasteiger partial charge in [0.25, 0.3) is 5.91 Å². The predicted octanol–water partition coefficient (Wildman–Crippen LogP) is 1.44. The normalized spacial score (nSPS) is 10.1. The van der Waals surface area contributed by atoms with Crippen LogP contribution in [0.4, 0.5) is 5.82 Å². The van der Waals surface area contributed by atoms with Crippen LogP contribution in [-0.2, 0) is 4.79 Å². The number of aryl methyl sites for hydroxylation is 1. The van der Waals surface area contributed by atoms with Crippen LogP contribution in [0.15, 0.2) is 30.5 Å². The van der Waals surface area contributed by atoms with Crippen LogP contribution in [0.5, 0.6) is 11.5 Å². The van der Waals surface area contributed by atoms with Crippen LogP contribution in [0.1, 0.15) is 5.56 Å².